The van der Waals surface area contributed by atoms with Gasteiger partial charge < -0.3 is 10.1 Å². The number of nitrogens with one attached hydrogen (secondary N) is 1. The molecular formula is C19H27BrN2O2. The lowest BCUT2D eigenvalue weighted by Crippen LogP contribution is -2.58. The van der Waals surface area contributed by atoms with Crippen LogP contribution in [0, 0.1) is 0 Å². The number of amides is 1. The van der Waals surface area contributed by atoms with Gasteiger partial charge in [-0.05, 0) is 51.5 Å². The molecule has 0 saturated carbocycles. The third-order valence-electron chi connectivity index (χ3n) is 4.27. The summed E-state index contributed by atoms with van der Waals surface area (Å²) < 4.78 is 6.82. The smallest absolute Gasteiger partial charge is 0.244 e. The molecule has 1 aliphatic rings. The summed E-state index contributed by atoms with van der Waals surface area (Å²) >= 11 is 3.40. The van der Waals surface area contributed by atoms with E-state index in [1.165, 1.54) is 0 Å². The summed E-state index contributed by atoms with van der Waals surface area (Å²) in [6.07, 6.45) is 3.86. The highest BCUT2D eigenvalue weighted by Gasteiger charge is 2.33. The highest BCUT2D eigenvalue weighted by molar-refractivity contribution is 9.10. The summed E-state index contributed by atoms with van der Waals surface area (Å²) in [5.41, 5.74) is 0.899. The molecule has 0 aromatic heterocycles. The Labute approximate surface area is 153 Å². The fourth-order valence-corrected chi connectivity index (χ4v) is 3.16. The van der Waals surface area contributed by atoms with Crippen molar-refractivity contribution < 1.29 is 9.53 Å². The second kappa shape index (κ2) is 8.28. The number of ether oxygens (including phenoxy) is 1. The van der Waals surface area contributed by atoms with Crippen molar-refractivity contribution in [1.82, 2.24) is 10.2 Å². The molecule has 0 aliphatic carbocycles. The molecule has 1 amide bonds. The maximum atomic E-state index is 12.1. The van der Waals surface area contributed by atoms with Crippen LogP contribution in [-0.4, -0.2) is 48.2 Å². The fourth-order valence-electron chi connectivity index (χ4n) is 2.89. The number of morpholine rings is 1. The van der Waals surface area contributed by atoms with Crippen molar-refractivity contribution >= 4 is 27.9 Å². The maximum absolute atomic E-state index is 12.1. The number of halogens is 1. The first-order chi connectivity index (χ1) is 11.3. The van der Waals surface area contributed by atoms with Crippen LogP contribution in [0.5, 0.6) is 0 Å². The molecule has 5 heteroatoms. The van der Waals surface area contributed by atoms with Gasteiger partial charge in [0.2, 0.25) is 5.91 Å². The minimum Gasteiger partial charge on any atom is -0.373 e. The molecular weight excluding hydrogens is 368 g/mol. The molecule has 1 N–H and O–H groups in total. The summed E-state index contributed by atoms with van der Waals surface area (Å²) in [7, 11) is 0. The molecule has 1 saturated heterocycles. The molecule has 4 nitrogen and oxygen atoms in total. The fraction of sp³-hybridized carbons (Fsp3) is 0.526. The number of hydrogen-bond donors (Lipinski definition) is 1. The SMILES string of the molecule is CC1CN(C(C)(C)CNC(=O)/C=C/c2ccc(Br)cc2)CC(C)O1. The van der Waals surface area contributed by atoms with Crippen molar-refractivity contribution in [3.63, 3.8) is 0 Å². The van der Waals surface area contributed by atoms with E-state index in [0.717, 1.165) is 23.1 Å². The molecule has 1 aliphatic heterocycles. The van der Waals surface area contributed by atoms with Gasteiger partial charge in [0, 0.05) is 35.7 Å². The van der Waals surface area contributed by atoms with Crippen LogP contribution in [0.25, 0.3) is 6.08 Å². The molecule has 1 aromatic carbocycles. The number of benzene rings is 1. The van der Waals surface area contributed by atoms with Gasteiger partial charge in [-0.3, -0.25) is 9.69 Å². The molecule has 0 radical (unpaired) electrons. The van der Waals surface area contributed by atoms with Crippen molar-refractivity contribution in [2.45, 2.75) is 45.4 Å². The molecule has 0 bridgehead atoms. The topological polar surface area (TPSA) is 41.6 Å². The van der Waals surface area contributed by atoms with Crippen LogP contribution in [-0.2, 0) is 9.53 Å². The van der Waals surface area contributed by atoms with Gasteiger partial charge >= 0.3 is 0 Å². The molecule has 0 spiro atoms. The van der Waals surface area contributed by atoms with E-state index in [9.17, 15) is 4.79 Å². The molecule has 2 unspecified atom stereocenters. The zero-order valence-corrected chi connectivity index (χ0v) is 16.5. The van der Waals surface area contributed by atoms with E-state index < -0.39 is 0 Å². The van der Waals surface area contributed by atoms with Gasteiger partial charge in [0.1, 0.15) is 0 Å². The van der Waals surface area contributed by atoms with Crippen LogP contribution in [0.1, 0.15) is 33.3 Å². The largest absolute Gasteiger partial charge is 0.373 e. The lowest BCUT2D eigenvalue weighted by molar-refractivity contribution is -0.118. The van der Waals surface area contributed by atoms with E-state index in [2.05, 4.69) is 53.8 Å². The zero-order valence-electron chi connectivity index (χ0n) is 14.9. The van der Waals surface area contributed by atoms with E-state index in [1.807, 2.05) is 30.3 Å². The molecule has 1 fully saturated rings. The van der Waals surface area contributed by atoms with Crippen LogP contribution in [0.3, 0.4) is 0 Å². The molecule has 132 valence electrons. The highest BCUT2D eigenvalue weighted by atomic mass is 79.9. The van der Waals surface area contributed by atoms with E-state index in [0.29, 0.717) is 6.54 Å². The number of hydrogen-bond acceptors (Lipinski definition) is 3. The van der Waals surface area contributed by atoms with Gasteiger partial charge in [-0.1, -0.05) is 28.1 Å². The van der Waals surface area contributed by atoms with Gasteiger partial charge in [0.05, 0.1) is 12.2 Å². The Bertz CT molecular complexity index is 574. The second-order valence-corrected chi connectivity index (χ2v) is 7.99. The Hall–Kier alpha value is -1.17. The lowest BCUT2D eigenvalue weighted by Gasteiger charge is -2.45. The minimum absolute atomic E-state index is 0.0691. The Morgan fingerprint density at radius 2 is 1.88 bits per heavy atom. The van der Waals surface area contributed by atoms with Crippen LogP contribution in [0.4, 0.5) is 0 Å². The van der Waals surface area contributed by atoms with E-state index in [-0.39, 0.29) is 23.7 Å². The molecule has 24 heavy (non-hydrogen) atoms. The zero-order chi connectivity index (χ0) is 17.7. The molecule has 1 heterocycles. The standard InChI is InChI=1S/C19H27BrN2O2/c1-14-11-22(12-15(2)24-14)19(3,4)13-21-18(23)10-7-16-5-8-17(20)9-6-16/h5-10,14-15H,11-13H2,1-4H3,(H,21,23)/b10-7+. The third-order valence-corrected chi connectivity index (χ3v) is 4.80. The first kappa shape index (κ1) is 19.2. The lowest BCUT2D eigenvalue weighted by atomic mass is 10.00. The summed E-state index contributed by atoms with van der Waals surface area (Å²) in [5, 5.41) is 3.01. The number of rotatable bonds is 5. The van der Waals surface area contributed by atoms with Crippen molar-refractivity contribution in [3.8, 4) is 0 Å². The normalized spacial score (nSPS) is 22.7. The minimum atomic E-state index is -0.104. The van der Waals surface area contributed by atoms with Gasteiger partial charge in [-0.2, -0.15) is 0 Å². The first-order valence-corrected chi connectivity index (χ1v) is 9.17. The third kappa shape index (κ3) is 5.72. The van der Waals surface area contributed by atoms with E-state index in [4.69, 9.17) is 4.74 Å². The second-order valence-electron chi connectivity index (χ2n) is 7.08. The van der Waals surface area contributed by atoms with Crippen LogP contribution in [0.2, 0.25) is 0 Å². The average molecular weight is 395 g/mol. The summed E-state index contributed by atoms with van der Waals surface area (Å²) in [6.45, 7) is 10.9. The predicted octanol–water partition coefficient (Wildman–Crippen LogP) is 3.47. The maximum Gasteiger partial charge on any atom is 0.244 e. The van der Waals surface area contributed by atoms with Crippen LogP contribution < -0.4 is 5.32 Å². The van der Waals surface area contributed by atoms with Gasteiger partial charge in [0.15, 0.2) is 0 Å². The molecule has 2 rings (SSSR count). The Morgan fingerprint density at radius 1 is 1.29 bits per heavy atom. The Balaban J connectivity index is 1.86. The van der Waals surface area contributed by atoms with Crippen molar-refractivity contribution in [2.75, 3.05) is 19.6 Å². The van der Waals surface area contributed by atoms with Crippen LogP contribution >= 0.6 is 15.9 Å². The van der Waals surface area contributed by atoms with E-state index >= 15 is 0 Å². The monoisotopic (exact) mass is 394 g/mol. The van der Waals surface area contributed by atoms with Crippen molar-refractivity contribution in [2.24, 2.45) is 0 Å². The van der Waals surface area contributed by atoms with Gasteiger partial charge in [0.25, 0.3) is 0 Å². The Morgan fingerprint density at radius 3 is 2.46 bits per heavy atom. The first-order valence-electron chi connectivity index (χ1n) is 8.38. The molecule has 2 atom stereocenters. The van der Waals surface area contributed by atoms with Gasteiger partial charge in [-0.15, -0.1) is 0 Å². The van der Waals surface area contributed by atoms with Crippen molar-refractivity contribution in [3.05, 3.63) is 40.4 Å². The number of carbonyl (C=O) groups is 1. The summed E-state index contributed by atoms with van der Waals surface area (Å²) in [5.74, 6) is -0.0691. The Kier molecular flexibility index (Phi) is 6.61. The molecule has 1 aromatic rings. The van der Waals surface area contributed by atoms with E-state index in [1.54, 1.807) is 6.08 Å². The summed E-state index contributed by atoms with van der Waals surface area (Å²) in [6, 6.07) is 7.85. The quantitative estimate of drug-likeness (QED) is 0.777. The van der Waals surface area contributed by atoms with Gasteiger partial charge in [-0.25, -0.2) is 0 Å². The highest BCUT2D eigenvalue weighted by Crippen LogP contribution is 2.20. The predicted molar refractivity (Wildman–Crippen MR) is 102 cm³/mol. The summed E-state index contributed by atoms with van der Waals surface area (Å²) in [4.78, 5) is 14.5. The number of carbonyl (C=O) groups excluding carboxylic acids is 1. The van der Waals surface area contributed by atoms with Crippen LogP contribution in [0.15, 0.2) is 34.8 Å². The average Bonchev–Trinajstić information content (AvgIpc) is 2.51. The number of nitrogens with zero attached hydrogens (tertiary/aromatic N) is 1. The van der Waals surface area contributed by atoms with Crippen molar-refractivity contribution in [1.29, 1.82) is 0 Å².